The van der Waals surface area contributed by atoms with Crippen molar-refractivity contribution in [2.45, 2.75) is 31.2 Å². The lowest BCUT2D eigenvalue weighted by atomic mass is 9.96. The standard InChI is InChI=1S/C27H26FN5OS/c28-20-9-7-18(8-10-20)24-16-23(25-6-3-15-35-25)31-33(24)26(34)17-32-13-11-19(12-14-32)27-29-21-4-1-2-5-22(21)30-27/h1-10,15,19,24H,11-14,16-17H2,(H,29,30). The molecule has 4 heterocycles. The van der Waals surface area contributed by atoms with Crippen LogP contribution in [0.4, 0.5) is 4.39 Å². The summed E-state index contributed by atoms with van der Waals surface area (Å²) in [6, 6.07) is 18.3. The molecule has 6 rings (SSSR count). The summed E-state index contributed by atoms with van der Waals surface area (Å²) in [5, 5.41) is 8.37. The minimum absolute atomic E-state index is 0.0203. The number of nitrogens with one attached hydrogen (secondary N) is 1. The van der Waals surface area contributed by atoms with Crippen LogP contribution < -0.4 is 0 Å². The summed E-state index contributed by atoms with van der Waals surface area (Å²) in [5.41, 5.74) is 3.88. The Morgan fingerprint density at radius 2 is 1.86 bits per heavy atom. The summed E-state index contributed by atoms with van der Waals surface area (Å²) in [5.74, 6) is 1.11. The van der Waals surface area contributed by atoms with Gasteiger partial charge in [-0.25, -0.2) is 14.4 Å². The number of carbonyl (C=O) groups is 1. The zero-order valence-corrected chi connectivity index (χ0v) is 20.0. The lowest BCUT2D eigenvalue weighted by molar-refractivity contribution is -0.134. The number of para-hydroxylation sites is 2. The number of piperidine rings is 1. The molecule has 1 atom stereocenters. The molecule has 1 N–H and O–H groups in total. The second-order valence-electron chi connectivity index (χ2n) is 9.22. The molecule has 35 heavy (non-hydrogen) atoms. The first kappa shape index (κ1) is 22.1. The molecular formula is C27H26FN5OS. The Balaban J connectivity index is 1.14. The Hall–Kier alpha value is -3.36. The van der Waals surface area contributed by atoms with Crippen molar-refractivity contribution in [1.29, 1.82) is 0 Å². The minimum atomic E-state index is -0.281. The Morgan fingerprint density at radius 3 is 2.60 bits per heavy atom. The number of thiophene rings is 1. The third kappa shape index (κ3) is 4.51. The quantitative estimate of drug-likeness (QED) is 0.414. The van der Waals surface area contributed by atoms with Gasteiger partial charge in [-0.15, -0.1) is 11.3 Å². The van der Waals surface area contributed by atoms with Crippen LogP contribution in [0, 0.1) is 5.82 Å². The van der Waals surface area contributed by atoms with Gasteiger partial charge in [-0.05, 0) is 67.2 Å². The molecule has 6 nitrogen and oxygen atoms in total. The number of aromatic nitrogens is 2. The van der Waals surface area contributed by atoms with E-state index < -0.39 is 0 Å². The number of benzene rings is 2. The van der Waals surface area contributed by atoms with Crippen LogP contribution in [0.5, 0.6) is 0 Å². The molecule has 0 aliphatic carbocycles. The first-order valence-corrected chi connectivity index (χ1v) is 12.9. The molecule has 2 aromatic carbocycles. The SMILES string of the molecule is O=C(CN1CCC(c2nc3ccccc3[nH]2)CC1)N1N=C(c2cccs2)CC1c1ccc(F)cc1. The van der Waals surface area contributed by atoms with Crippen molar-refractivity contribution in [1.82, 2.24) is 19.9 Å². The second-order valence-corrected chi connectivity index (χ2v) is 10.2. The Kier molecular flexibility index (Phi) is 5.91. The molecule has 178 valence electrons. The highest BCUT2D eigenvalue weighted by molar-refractivity contribution is 7.12. The maximum absolute atomic E-state index is 13.5. The number of H-pyrrole nitrogens is 1. The summed E-state index contributed by atoms with van der Waals surface area (Å²) in [6.07, 6.45) is 2.54. The van der Waals surface area contributed by atoms with Gasteiger partial charge in [0.05, 0.1) is 34.2 Å². The first-order valence-electron chi connectivity index (χ1n) is 12.0. The molecule has 2 aromatic heterocycles. The molecule has 1 amide bonds. The lowest BCUT2D eigenvalue weighted by Gasteiger charge is -2.32. The minimum Gasteiger partial charge on any atom is -0.342 e. The molecule has 4 aromatic rings. The fraction of sp³-hybridized carbons (Fsp3) is 0.296. The zero-order chi connectivity index (χ0) is 23.8. The van der Waals surface area contributed by atoms with Crippen molar-refractivity contribution in [2.24, 2.45) is 5.10 Å². The number of imidazole rings is 1. The highest BCUT2D eigenvalue weighted by atomic mass is 32.1. The smallest absolute Gasteiger partial charge is 0.257 e. The van der Waals surface area contributed by atoms with Crippen LogP contribution in [0.2, 0.25) is 0 Å². The molecule has 2 aliphatic heterocycles. The van der Waals surface area contributed by atoms with E-state index in [-0.39, 0.29) is 17.8 Å². The normalized spacial score (nSPS) is 19.4. The topological polar surface area (TPSA) is 64.6 Å². The number of aromatic amines is 1. The van der Waals surface area contributed by atoms with Gasteiger partial charge < -0.3 is 4.98 Å². The van der Waals surface area contributed by atoms with E-state index in [4.69, 9.17) is 10.1 Å². The first-order chi connectivity index (χ1) is 17.1. The van der Waals surface area contributed by atoms with E-state index in [2.05, 4.69) is 16.0 Å². The number of hydrogen-bond donors (Lipinski definition) is 1. The van der Waals surface area contributed by atoms with E-state index in [1.165, 1.54) is 12.1 Å². The Labute approximate surface area is 207 Å². The summed E-state index contributed by atoms with van der Waals surface area (Å²) < 4.78 is 13.5. The molecule has 1 unspecified atom stereocenters. The van der Waals surface area contributed by atoms with E-state index in [9.17, 15) is 9.18 Å². The van der Waals surface area contributed by atoms with Crippen molar-refractivity contribution >= 4 is 34.0 Å². The number of carbonyl (C=O) groups excluding carboxylic acids is 1. The molecule has 2 aliphatic rings. The largest absolute Gasteiger partial charge is 0.342 e. The molecule has 0 saturated carbocycles. The van der Waals surface area contributed by atoms with E-state index in [1.807, 2.05) is 35.7 Å². The molecule has 0 bridgehead atoms. The Bertz CT molecular complexity index is 1320. The van der Waals surface area contributed by atoms with Crippen LogP contribution in [0.3, 0.4) is 0 Å². The molecular weight excluding hydrogens is 461 g/mol. The number of fused-ring (bicyclic) bond motifs is 1. The van der Waals surface area contributed by atoms with Crippen molar-refractivity contribution < 1.29 is 9.18 Å². The van der Waals surface area contributed by atoms with Crippen molar-refractivity contribution in [2.75, 3.05) is 19.6 Å². The van der Waals surface area contributed by atoms with E-state index in [0.29, 0.717) is 18.9 Å². The lowest BCUT2D eigenvalue weighted by Crippen LogP contribution is -2.41. The summed E-state index contributed by atoms with van der Waals surface area (Å²) in [6.45, 7) is 2.00. The summed E-state index contributed by atoms with van der Waals surface area (Å²) in [7, 11) is 0. The van der Waals surface area contributed by atoms with Crippen LogP contribution in [0.1, 0.15) is 47.5 Å². The zero-order valence-electron chi connectivity index (χ0n) is 19.2. The number of likely N-dealkylation sites (tertiary alicyclic amines) is 1. The molecule has 8 heteroatoms. The van der Waals surface area contributed by atoms with Crippen LogP contribution in [-0.2, 0) is 4.79 Å². The van der Waals surface area contributed by atoms with Crippen molar-refractivity contribution in [3.63, 3.8) is 0 Å². The van der Waals surface area contributed by atoms with Gasteiger partial charge in [0.2, 0.25) is 0 Å². The number of rotatable bonds is 5. The maximum atomic E-state index is 13.5. The average molecular weight is 488 g/mol. The van der Waals surface area contributed by atoms with Crippen LogP contribution in [-0.4, -0.2) is 51.1 Å². The third-order valence-corrected chi connectivity index (χ3v) is 7.89. The maximum Gasteiger partial charge on any atom is 0.257 e. The number of nitrogens with zero attached hydrogens (tertiary/aromatic N) is 4. The van der Waals surface area contributed by atoms with Crippen LogP contribution in [0.25, 0.3) is 11.0 Å². The van der Waals surface area contributed by atoms with Crippen molar-refractivity contribution in [3.8, 4) is 0 Å². The predicted octanol–water partition coefficient (Wildman–Crippen LogP) is 5.32. The number of amides is 1. The van der Waals surface area contributed by atoms with Crippen LogP contribution >= 0.6 is 11.3 Å². The number of hydrazone groups is 1. The van der Waals surface area contributed by atoms with E-state index in [0.717, 1.165) is 58.9 Å². The summed E-state index contributed by atoms with van der Waals surface area (Å²) in [4.78, 5) is 25.0. The van der Waals surface area contributed by atoms with Gasteiger partial charge >= 0.3 is 0 Å². The van der Waals surface area contributed by atoms with Gasteiger partial charge in [0.15, 0.2) is 0 Å². The fourth-order valence-electron chi connectivity index (χ4n) is 5.07. The molecule has 1 saturated heterocycles. The van der Waals surface area contributed by atoms with Gasteiger partial charge in [0.25, 0.3) is 5.91 Å². The molecule has 0 radical (unpaired) electrons. The van der Waals surface area contributed by atoms with Crippen LogP contribution in [0.15, 0.2) is 71.1 Å². The number of halogens is 1. The van der Waals surface area contributed by atoms with Gasteiger partial charge in [-0.3, -0.25) is 9.69 Å². The average Bonchev–Trinajstić information content (AvgIpc) is 3.64. The third-order valence-electron chi connectivity index (χ3n) is 6.97. The van der Waals surface area contributed by atoms with Gasteiger partial charge in [0, 0.05) is 12.3 Å². The molecule has 0 spiro atoms. The highest BCUT2D eigenvalue weighted by Gasteiger charge is 2.34. The van der Waals surface area contributed by atoms with Crippen molar-refractivity contribution in [3.05, 3.63) is 88.1 Å². The van der Waals surface area contributed by atoms with Gasteiger partial charge in [-0.1, -0.05) is 30.3 Å². The highest BCUT2D eigenvalue weighted by Crippen LogP contribution is 2.34. The van der Waals surface area contributed by atoms with E-state index >= 15 is 0 Å². The predicted molar refractivity (Wildman–Crippen MR) is 136 cm³/mol. The second kappa shape index (κ2) is 9.36. The molecule has 1 fully saturated rings. The van der Waals surface area contributed by atoms with Gasteiger partial charge in [-0.2, -0.15) is 5.10 Å². The van der Waals surface area contributed by atoms with Gasteiger partial charge in [0.1, 0.15) is 11.6 Å². The van der Waals surface area contributed by atoms with E-state index in [1.54, 1.807) is 28.5 Å². The fourth-order valence-corrected chi connectivity index (χ4v) is 5.79. The number of hydrogen-bond acceptors (Lipinski definition) is 5. The Morgan fingerprint density at radius 1 is 1.06 bits per heavy atom. The monoisotopic (exact) mass is 487 g/mol. The summed E-state index contributed by atoms with van der Waals surface area (Å²) >= 11 is 1.62.